The van der Waals surface area contributed by atoms with Gasteiger partial charge in [-0.2, -0.15) is 17.9 Å². The van der Waals surface area contributed by atoms with Gasteiger partial charge in [-0.05, 0) is 24.3 Å². The van der Waals surface area contributed by atoms with Gasteiger partial charge in [-0.25, -0.2) is 4.98 Å². The molecule has 3 heterocycles. The van der Waals surface area contributed by atoms with E-state index in [1.54, 1.807) is 36.4 Å². The van der Waals surface area contributed by atoms with Gasteiger partial charge < -0.3 is 4.42 Å². The van der Waals surface area contributed by atoms with Gasteiger partial charge >= 0.3 is 6.18 Å². The Labute approximate surface area is 153 Å². The lowest BCUT2D eigenvalue weighted by molar-refractivity contribution is -0.141. The van der Waals surface area contributed by atoms with Crippen molar-refractivity contribution in [3.05, 3.63) is 70.0 Å². The van der Waals surface area contributed by atoms with Crippen LogP contribution in [0.15, 0.2) is 56.9 Å². The summed E-state index contributed by atoms with van der Waals surface area (Å²) >= 11 is 1.11. The van der Waals surface area contributed by atoms with Gasteiger partial charge in [0.05, 0.1) is 28.6 Å². The second-order valence-electron chi connectivity index (χ2n) is 5.55. The maximum absolute atomic E-state index is 13.4. The molecule has 0 radical (unpaired) electrons. The van der Waals surface area contributed by atoms with E-state index in [2.05, 4.69) is 15.1 Å². The lowest BCUT2D eigenvalue weighted by atomic mass is 10.2. The van der Waals surface area contributed by atoms with Crippen molar-refractivity contribution in [2.45, 2.75) is 12.7 Å². The van der Waals surface area contributed by atoms with Crippen LogP contribution in [0.5, 0.6) is 0 Å². The van der Waals surface area contributed by atoms with Crippen molar-refractivity contribution >= 4 is 27.8 Å². The third-order valence-electron chi connectivity index (χ3n) is 3.73. The van der Waals surface area contributed by atoms with Crippen molar-refractivity contribution in [3.8, 4) is 5.13 Å². The lowest BCUT2D eigenvalue weighted by Gasteiger charge is -2.03. The molecule has 138 valence electrons. The van der Waals surface area contributed by atoms with Crippen LogP contribution in [0.1, 0.15) is 17.0 Å². The van der Waals surface area contributed by atoms with Crippen molar-refractivity contribution in [2.75, 3.05) is 0 Å². The number of fused-ring (bicyclic) bond motifs is 1. The van der Waals surface area contributed by atoms with Crippen LogP contribution in [0, 0.1) is 0 Å². The maximum Gasteiger partial charge on any atom is 0.433 e. The van der Waals surface area contributed by atoms with Crippen LogP contribution in [0.3, 0.4) is 0 Å². The molecule has 0 saturated carbocycles. The zero-order chi connectivity index (χ0) is 19.0. The number of hydrogen-bond acceptors (Lipinski definition) is 5. The van der Waals surface area contributed by atoms with E-state index >= 15 is 0 Å². The van der Waals surface area contributed by atoms with Crippen LogP contribution in [-0.4, -0.2) is 21.0 Å². The molecule has 0 spiro atoms. The maximum atomic E-state index is 13.4. The van der Waals surface area contributed by atoms with E-state index in [1.807, 2.05) is 0 Å². The van der Waals surface area contributed by atoms with Crippen LogP contribution >= 0.6 is 11.3 Å². The fourth-order valence-corrected chi connectivity index (χ4v) is 3.43. The number of aliphatic imine (C=N–C) groups is 1. The molecular weight excluding hydrogens is 381 g/mol. The first-order valence-electron chi connectivity index (χ1n) is 7.74. The molecule has 3 aromatic heterocycles. The number of rotatable bonds is 4. The minimum Gasteiger partial charge on any atom is -0.467 e. The van der Waals surface area contributed by atoms with Crippen LogP contribution in [0.25, 0.3) is 15.3 Å². The summed E-state index contributed by atoms with van der Waals surface area (Å²) in [6.45, 7) is 0.0239. The average Bonchev–Trinajstić information content (AvgIpc) is 3.33. The molecular formula is C17H11F3N4O2S. The monoisotopic (exact) mass is 392 g/mol. The van der Waals surface area contributed by atoms with Crippen molar-refractivity contribution in [3.63, 3.8) is 0 Å². The number of thiazole rings is 1. The molecule has 4 rings (SSSR count). The molecule has 0 atom stereocenters. The summed E-state index contributed by atoms with van der Waals surface area (Å²) in [5.41, 5.74) is -2.02. The number of furan rings is 1. The summed E-state index contributed by atoms with van der Waals surface area (Å²) < 4.78 is 46.8. The number of para-hydroxylation sites is 1. The van der Waals surface area contributed by atoms with Gasteiger partial charge in [0.2, 0.25) is 5.13 Å². The topological polar surface area (TPSA) is 76.2 Å². The van der Waals surface area contributed by atoms with Gasteiger partial charge in [-0.15, -0.1) is 0 Å². The largest absolute Gasteiger partial charge is 0.467 e. The van der Waals surface area contributed by atoms with Gasteiger partial charge in [0.25, 0.3) is 5.56 Å². The smallest absolute Gasteiger partial charge is 0.433 e. The average molecular weight is 392 g/mol. The number of nitrogens with one attached hydrogen (secondary N) is 1. The first kappa shape index (κ1) is 17.3. The standard InChI is InChI=1S/C17H11F3N4O2S/c18-17(19,20)14-11(9-21-8-10-4-3-7-26-10)15(25)24(23-14)16-22-12-5-1-2-6-13(12)27-16/h1-7,9,23H,8H2. The number of nitrogens with zero attached hydrogens (tertiary/aromatic N) is 3. The Morgan fingerprint density at radius 3 is 2.78 bits per heavy atom. The molecule has 0 aliphatic rings. The first-order valence-corrected chi connectivity index (χ1v) is 8.55. The third kappa shape index (κ3) is 3.31. The molecule has 1 aromatic carbocycles. The summed E-state index contributed by atoms with van der Waals surface area (Å²) in [5.74, 6) is 0.474. The quantitative estimate of drug-likeness (QED) is 0.533. The van der Waals surface area contributed by atoms with Gasteiger partial charge in [0.1, 0.15) is 5.76 Å². The molecule has 10 heteroatoms. The molecule has 27 heavy (non-hydrogen) atoms. The lowest BCUT2D eigenvalue weighted by Crippen LogP contribution is -2.17. The van der Waals surface area contributed by atoms with E-state index in [4.69, 9.17) is 4.42 Å². The van der Waals surface area contributed by atoms with Gasteiger partial charge in [-0.3, -0.25) is 14.9 Å². The zero-order valence-corrected chi connectivity index (χ0v) is 14.3. The van der Waals surface area contributed by atoms with Crippen molar-refractivity contribution in [1.82, 2.24) is 14.8 Å². The Balaban J connectivity index is 1.78. The minimum absolute atomic E-state index is 0.0239. The number of H-pyrrole nitrogens is 1. The van der Waals surface area contributed by atoms with Crippen molar-refractivity contribution in [2.24, 2.45) is 4.99 Å². The van der Waals surface area contributed by atoms with E-state index in [0.717, 1.165) is 26.9 Å². The van der Waals surface area contributed by atoms with E-state index in [-0.39, 0.29) is 11.7 Å². The van der Waals surface area contributed by atoms with Gasteiger partial charge in [0, 0.05) is 6.21 Å². The Morgan fingerprint density at radius 1 is 1.26 bits per heavy atom. The Morgan fingerprint density at radius 2 is 2.07 bits per heavy atom. The summed E-state index contributed by atoms with van der Waals surface area (Å²) in [6.07, 6.45) is -2.40. The van der Waals surface area contributed by atoms with E-state index in [1.165, 1.54) is 6.26 Å². The fraction of sp³-hybridized carbons (Fsp3) is 0.118. The molecule has 6 nitrogen and oxygen atoms in total. The van der Waals surface area contributed by atoms with E-state index in [0.29, 0.717) is 11.3 Å². The summed E-state index contributed by atoms with van der Waals surface area (Å²) in [6, 6.07) is 10.3. The summed E-state index contributed by atoms with van der Waals surface area (Å²) in [7, 11) is 0. The summed E-state index contributed by atoms with van der Waals surface area (Å²) in [5, 5.41) is 2.25. The minimum atomic E-state index is -4.74. The number of hydrogen-bond donors (Lipinski definition) is 1. The molecule has 0 fully saturated rings. The number of alkyl halides is 3. The van der Waals surface area contributed by atoms with E-state index in [9.17, 15) is 18.0 Å². The second kappa shape index (κ2) is 6.54. The molecule has 1 N–H and O–H groups in total. The fourth-order valence-electron chi connectivity index (χ4n) is 2.51. The van der Waals surface area contributed by atoms with Crippen LogP contribution in [0.2, 0.25) is 0 Å². The normalized spacial score (nSPS) is 12.4. The van der Waals surface area contributed by atoms with Gasteiger partial charge in [-0.1, -0.05) is 23.5 Å². The number of aromatic amines is 1. The second-order valence-corrected chi connectivity index (χ2v) is 6.56. The highest BCUT2D eigenvalue weighted by molar-refractivity contribution is 7.20. The summed E-state index contributed by atoms with van der Waals surface area (Å²) in [4.78, 5) is 20.7. The number of aromatic nitrogens is 3. The first-order chi connectivity index (χ1) is 12.9. The number of benzene rings is 1. The molecule has 0 amide bonds. The van der Waals surface area contributed by atoms with Crippen LogP contribution < -0.4 is 5.56 Å². The van der Waals surface area contributed by atoms with Crippen LogP contribution in [0.4, 0.5) is 13.2 Å². The van der Waals surface area contributed by atoms with Crippen molar-refractivity contribution < 1.29 is 17.6 Å². The Hall–Kier alpha value is -3.14. The third-order valence-corrected chi connectivity index (χ3v) is 4.75. The molecule has 0 aliphatic heterocycles. The van der Waals surface area contributed by atoms with Gasteiger partial charge in [0.15, 0.2) is 5.69 Å². The highest BCUT2D eigenvalue weighted by atomic mass is 32.1. The molecule has 0 bridgehead atoms. The Kier molecular flexibility index (Phi) is 4.19. The molecule has 0 unspecified atom stereocenters. The SMILES string of the molecule is O=c1c(C=NCc2ccco2)c(C(F)(F)F)[nH]n1-c1nc2ccccc2s1. The molecule has 0 aliphatic carbocycles. The number of halogens is 3. The predicted octanol–water partition coefficient (Wildman–Crippen LogP) is 4.01. The molecule has 0 saturated heterocycles. The Bertz CT molecular complexity index is 1140. The van der Waals surface area contributed by atoms with Crippen molar-refractivity contribution in [1.29, 1.82) is 0 Å². The van der Waals surface area contributed by atoms with Crippen LogP contribution in [-0.2, 0) is 12.7 Å². The highest BCUT2D eigenvalue weighted by Crippen LogP contribution is 2.30. The molecule has 4 aromatic rings. The van der Waals surface area contributed by atoms with E-state index < -0.39 is 23.0 Å². The zero-order valence-electron chi connectivity index (χ0n) is 13.5. The predicted molar refractivity (Wildman–Crippen MR) is 94.6 cm³/mol. The highest BCUT2D eigenvalue weighted by Gasteiger charge is 2.38.